The molecule has 0 N–H and O–H groups in total. The number of rotatable bonds is 4. The summed E-state index contributed by atoms with van der Waals surface area (Å²) >= 11 is 0. The number of piperazine rings is 1. The lowest BCUT2D eigenvalue weighted by molar-refractivity contribution is 0.0290. The van der Waals surface area contributed by atoms with Crippen LogP contribution >= 0.6 is 0 Å². The van der Waals surface area contributed by atoms with Crippen molar-refractivity contribution in [3.8, 4) is 0 Å². The van der Waals surface area contributed by atoms with Crippen molar-refractivity contribution in [3.05, 3.63) is 29.8 Å². The Bertz CT molecular complexity index is 696. The lowest BCUT2D eigenvalue weighted by Gasteiger charge is -2.47. The quantitative estimate of drug-likeness (QED) is 0.757. The van der Waals surface area contributed by atoms with Gasteiger partial charge in [0.05, 0.1) is 6.61 Å². The molecule has 1 amide bonds. The predicted molar refractivity (Wildman–Crippen MR) is 121 cm³/mol. The van der Waals surface area contributed by atoms with Crippen LogP contribution in [0.3, 0.4) is 0 Å². The molecule has 0 aliphatic carbocycles. The second-order valence-electron chi connectivity index (χ2n) is 9.02. The van der Waals surface area contributed by atoms with Gasteiger partial charge in [0, 0.05) is 63.6 Å². The Morgan fingerprint density at radius 1 is 0.933 bits per heavy atom. The summed E-state index contributed by atoms with van der Waals surface area (Å²) in [4.78, 5) is 21.8. The Kier molecular flexibility index (Phi) is 7.16. The number of hydrogen-bond donors (Lipinski definition) is 0. The monoisotopic (exact) mass is 414 g/mol. The molecule has 6 nitrogen and oxygen atoms in total. The fourth-order valence-electron chi connectivity index (χ4n) is 5.49. The maximum absolute atomic E-state index is 12.0. The first-order chi connectivity index (χ1) is 14.7. The van der Waals surface area contributed by atoms with Crippen LogP contribution < -0.4 is 4.90 Å². The Hall–Kier alpha value is -1.79. The van der Waals surface area contributed by atoms with Crippen molar-refractivity contribution >= 4 is 11.8 Å². The predicted octanol–water partition coefficient (Wildman–Crippen LogP) is 3.20. The molecule has 30 heavy (non-hydrogen) atoms. The molecular weight excluding hydrogens is 376 g/mol. The van der Waals surface area contributed by atoms with E-state index in [0.29, 0.717) is 18.7 Å². The molecule has 0 radical (unpaired) electrons. The normalized spacial score (nSPS) is 24.8. The summed E-state index contributed by atoms with van der Waals surface area (Å²) in [5.41, 5.74) is 2.79. The lowest BCUT2D eigenvalue weighted by Crippen LogP contribution is -2.58. The number of para-hydroxylation sites is 1. The first-order valence-electron chi connectivity index (χ1n) is 11.9. The molecular formula is C24H38N4O2. The largest absolute Gasteiger partial charge is 0.450 e. The zero-order valence-corrected chi connectivity index (χ0v) is 18.8. The summed E-state index contributed by atoms with van der Waals surface area (Å²) in [7, 11) is 0. The van der Waals surface area contributed by atoms with Crippen LogP contribution in [0.5, 0.6) is 0 Å². The molecule has 0 bridgehead atoms. The SMILES string of the molecule is CCOC(=O)N1CCN(C2CCCN(C3CCN(c4ccccc4C)CC3)C2)CC1. The number of amides is 1. The van der Waals surface area contributed by atoms with Crippen LogP contribution in [0.1, 0.15) is 38.2 Å². The number of aryl methyl sites for hydroxylation is 1. The molecule has 4 rings (SSSR count). The minimum atomic E-state index is -0.150. The van der Waals surface area contributed by atoms with E-state index >= 15 is 0 Å². The highest BCUT2D eigenvalue weighted by molar-refractivity contribution is 5.67. The number of anilines is 1. The van der Waals surface area contributed by atoms with Crippen LogP contribution in [-0.2, 0) is 4.74 Å². The van der Waals surface area contributed by atoms with E-state index < -0.39 is 0 Å². The molecule has 0 saturated carbocycles. The van der Waals surface area contributed by atoms with Gasteiger partial charge in [-0.25, -0.2) is 4.79 Å². The molecule has 3 heterocycles. The number of carbonyl (C=O) groups is 1. The summed E-state index contributed by atoms with van der Waals surface area (Å²) in [6.45, 7) is 12.8. The van der Waals surface area contributed by atoms with Crippen LogP contribution in [0.4, 0.5) is 10.5 Å². The van der Waals surface area contributed by atoms with Gasteiger partial charge in [-0.05, 0) is 57.7 Å². The van der Waals surface area contributed by atoms with Gasteiger partial charge in [0.25, 0.3) is 0 Å². The van der Waals surface area contributed by atoms with Gasteiger partial charge < -0.3 is 14.5 Å². The van der Waals surface area contributed by atoms with Crippen molar-refractivity contribution in [1.82, 2.24) is 14.7 Å². The summed E-state index contributed by atoms with van der Waals surface area (Å²) in [5, 5.41) is 0. The van der Waals surface area contributed by atoms with Gasteiger partial charge in [-0.3, -0.25) is 9.80 Å². The minimum absolute atomic E-state index is 0.150. The zero-order chi connectivity index (χ0) is 20.9. The molecule has 3 aliphatic rings. The topological polar surface area (TPSA) is 39.3 Å². The fraction of sp³-hybridized carbons (Fsp3) is 0.708. The zero-order valence-electron chi connectivity index (χ0n) is 18.8. The van der Waals surface area contributed by atoms with E-state index in [9.17, 15) is 4.79 Å². The molecule has 6 heteroatoms. The standard InChI is InChI=1S/C24H38N4O2/c1-3-30-24(29)27-17-15-25(16-18-27)22-8-6-12-28(19-22)21-10-13-26(14-11-21)23-9-5-4-7-20(23)2/h4-5,7,9,21-22H,3,6,8,10-19H2,1-2H3. The Balaban J connectivity index is 1.26. The third-order valence-corrected chi connectivity index (χ3v) is 7.22. The molecule has 0 spiro atoms. The highest BCUT2D eigenvalue weighted by atomic mass is 16.6. The van der Waals surface area contributed by atoms with Crippen molar-refractivity contribution in [1.29, 1.82) is 0 Å². The number of ether oxygens (including phenoxy) is 1. The van der Waals surface area contributed by atoms with Crippen LogP contribution in [0, 0.1) is 6.92 Å². The van der Waals surface area contributed by atoms with E-state index in [1.807, 2.05) is 11.8 Å². The van der Waals surface area contributed by atoms with Gasteiger partial charge in [-0.1, -0.05) is 18.2 Å². The van der Waals surface area contributed by atoms with Gasteiger partial charge >= 0.3 is 6.09 Å². The van der Waals surface area contributed by atoms with Crippen LogP contribution in [0.25, 0.3) is 0 Å². The van der Waals surface area contributed by atoms with Crippen molar-refractivity contribution in [3.63, 3.8) is 0 Å². The molecule has 1 aromatic carbocycles. The molecule has 3 aliphatic heterocycles. The molecule has 3 fully saturated rings. The van der Waals surface area contributed by atoms with Crippen LogP contribution in [0.2, 0.25) is 0 Å². The number of hydrogen-bond acceptors (Lipinski definition) is 5. The maximum atomic E-state index is 12.0. The van der Waals surface area contributed by atoms with E-state index in [0.717, 1.165) is 39.3 Å². The van der Waals surface area contributed by atoms with Gasteiger partial charge in [0.15, 0.2) is 0 Å². The lowest BCUT2D eigenvalue weighted by atomic mass is 9.96. The van der Waals surface area contributed by atoms with Gasteiger partial charge in [-0.15, -0.1) is 0 Å². The summed E-state index contributed by atoms with van der Waals surface area (Å²) < 4.78 is 5.16. The Morgan fingerprint density at radius 3 is 2.37 bits per heavy atom. The first kappa shape index (κ1) is 21.4. The van der Waals surface area contributed by atoms with Gasteiger partial charge in [0.2, 0.25) is 0 Å². The van der Waals surface area contributed by atoms with Crippen LogP contribution in [-0.4, -0.2) is 91.8 Å². The summed E-state index contributed by atoms with van der Waals surface area (Å²) in [6.07, 6.45) is 4.96. The van der Waals surface area contributed by atoms with Crippen LogP contribution in [0.15, 0.2) is 24.3 Å². The summed E-state index contributed by atoms with van der Waals surface area (Å²) in [6, 6.07) is 10.1. The summed E-state index contributed by atoms with van der Waals surface area (Å²) in [5.74, 6) is 0. The highest BCUT2D eigenvalue weighted by Gasteiger charge is 2.33. The van der Waals surface area contributed by atoms with E-state index in [-0.39, 0.29) is 6.09 Å². The second kappa shape index (κ2) is 10.0. The average Bonchev–Trinajstić information content (AvgIpc) is 2.80. The second-order valence-corrected chi connectivity index (χ2v) is 9.02. The fourth-order valence-corrected chi connectivity index (χ4v) is 5.49. The Morgan fingerprint density at radius 2 is 1.67 bits per heavy atom. The molecule has 1 aromatic rings. The smallest absolute Gasteiger partial charge is 0.409 e. The molecule has 166 valence electrons. The van der Waals surface area contributed by atoms with Gasteiger partial charge in [-0.2, -0.15) is 0 Å². The third-order valence-electron chi connectivity index (χ3n) is 7.22. The highest BCUT2D eigenvalue weighted by Crippen LogP contribution is 2.28. The van der Waals surface area contributed by atoms with E-state index in [1.165, 1.54) is 50.0 Å². The van der Waals surface area contributed by atoms with Crippen molar-refractivity contribution < 1.29 is 9.53 Å². The maximum Gasteiger partial charge on any atom is 0.409 e. The Labute approximate surface area is 181 Å². The van der Waals surface area contributed by atoms with Crippen molar-refractivity contribution in [2.45, 2.75) is 51.6 Å². The molecule has 3 saturated heterocycles. The minimum Gasteiger partial charge on any atom is -0.450 e. The van der Waals surface area contributed by atoms with Crippen molar-refractivity contribution in [2.75, 3.05) is 63.9 Å². The van der Waals surface area contributed by atoms with E-state index in [4.69, 9.17) is 4.74 Å². The van der Waals surface area contributed by atoms with Crippen molar-refractivity contribution in [2.24, 2.45) is 0 Å². The molecule has 1 atom stereocenters. The molecule has 1 unspecified atom stereocenters. The average molecular weight is 415 g/mol. The first-order valence-corrected chi connectivity index (χ1v) is 11.9. The van der Waals surface area contributed by atoms with E-state index in [1.54, 1.807) is 0 Å². The van der Waals surface area contributed by atoms with Gasteiger partial charge in [0.1, 0.15) is 0 Å². The number of benzene rings is 1. The number of nitrogens with zero attached hydrogens (tertiary/aromatic N) is 4. The third kappa shape index (κ3) is 4.92. The molecule has 0 aromatic heterocycles. The number of likely N-dealkylation sites (tertiary alicyclic amines) is 1. The number of piperidine rings is 2. The van der Waals surface area contributed by atoms with E-state index in [2.05, 4.69) is 45.9 Å². The number of carbonyl (C=O) groups excluding carboxylic acids is 1.